The van der Waals surface area contributed by atoms with Crippen molar-refractivity contribution < 1.29 is 23.9 Å². The third-order valence-corrected chi connectivity index (χ3v) is 9.45. The van der Waals surface area contributed by atoms with Crippen LogP contribution < -0.4 is 26.0 Å². The van der Waals surface area contributed by atoms with E-state index in [1.54, 1.807) is 62.4 Å². The monoisotopic (exact) mass is 628 g/mol. The van der Waals surface area contributed by atoms with Crippen LogP contribution in [0.5, 0.6) is 5.75 Å². The average Bonchev–Trinajstić information content (AvgIpc) is 3.54. The van der Waals surface area contributed by atoms with Gasteiger partial charge in [-0.1, -0.05) is 18.0 Å². The van der Waals surface area contributed by atoms with Crippen molar-refractivity contribution in [2.45, 2.75) is 81.7 Å². The maximum Gasteiger partial charge on any atom is 0.315 e. The summed E-state index contributed by atoms with van der Waals surface area (Å²) in [6.45, 7) is 4.55. The molecule has 4 rings (SSSR count). The van der Waals surface area contributed by atoms with Crippen LogP contribution in [-0.2, 0) is 9.59 Å². The number of halogens is 1. The van der Waals surface area contributed by atoms with E-state index in [4.69, 9.17) is 16.3 Å². The summed E-state index contributed by atoms with van der Waals surface area (Å²) in [6.07, 6.45) is 5.86. The van der Waals surface area contributed by atoms with E-state index in [1.165, 1.54) is 0 Å². The number of hydrogen-bond donors (Lipinski definition) is 4. The van der Waals surface area contributed by atoms with Crippen LogP contribution in [-0.4, -0.2) is 65.4 Å². The van der Waals surface area contributed by atoms with E-state index in [0.717, 1.165) is 44.3 Å². The molecule has 2 heterocycles. The Morgan fingerprint density at radius 1 is 0.907 bits per heavy atom. The van der Waals surface area contributed by atoms with Gasteiger partial charge in [0.05, 0.1) is 12.1 Å². The van der Waals surface area contributed by atoms with Gasteiger partial charge in [-0.3, -0.25) is 14.4 Å². The van der Waals surface area contributed by atoms with Gasteiger partial charge in [-0.25, -0.2) is 4.79 Å². The minimum atomic E-state index is -1.09. The average molecular weight is 629 g/mol. The third kappa shape index (κ3) is 9.63. The summed E-state index contributed by atoms with van der Waals surface area (Å²) in [6, 6.07) is 13.8. The van der Waals surface area contributed by atoms with E-state index in [1.807, 2.05) is 11.8 Å². The van der Waals surface area contributed by atoms with Crippen LogP contribution in [0, 0.1) is 0 Å². The van der Waals surface area contributed by atoms with Crippen molar-refractivity contribution in [1.82, 2.24) is 21.3 Å². The van der Waals surface area contributed by atoms with Gasteiger partial charge in [0, 0.05) is 46.7 Å². The summed E-state index contributed by atoms with van der Waals surface area (Å²) in [4.78, 5) is 49.0. The SMILES string of the molecule is CC(C)(Oc1ccc(C(=O)c2ccc(Cl)cc2)cc1)C(=O)NCCCCCNC(=O)CCCC[C@@H]1SC[C@@H]2NC(=O)N[C@@H]21. The first-order chi connectivity index (χ1) is 20.6. The smallest absolute Gasteiger partial charge is 0.315 e. The zero-order chi connectivity index (χ0) is 30.8. The fourth-order valence-corrected chi connectivity index (χ4v) is 6.88. The van der Waals surface area contributed by atoms with Gasteiger partial charge in [-0.2, -0.15) is 11.8 Å². The van der Waals surface area contributed by atoms with Crippen LogP contribution in [0.25, 0.3) is 0 Å². The van der Waals surface area contributed by atoms with Gasteiger partial charge in [0.15, 0.2) is 11.4 Å². The molecule has 2 aromatic rings. The summed E-state index contributed by atoms with van der Waals surface area (Å²) in [5.41, 5.74) is -0.0253. The van der Waals surface area contributed by atoms with Crippen molar-refractivity contribution in [1.29, 1.82) is 0 Å². The molecule has 0 unspecified atom stereocenters. The van der Waals surface area contributed by atoms with Crippen molar-refractivity contribution >= 4 is 47.0 Å². The molecule has 3 atom stereocenters. The Morgan fingerprint density at radius 3 is 2.26 bits per heavy atom. The van der Waals surface area contributed by atoms with Gasteiger partial charge >= 0.3 is 6.03 Å². The molecule has 2 aliphatic rings. The zero-order valence-electron chi connectivity index (χ0n) is 24.7. The molecule has 0 aliphatic carbocycles. The molecule has 0 saturated carbocycles. The number of ketones is 1. The first-order valence-electron chi connectivity index (χ1n) is 15.0. The quantitative estimate of drug-likeness (QED) is 0.120. The second-order valence-electron chi connectivity index (χ2n) is 11.5. The minimum absolute atomic E-state index is 0.0655. The van der Waals surface area contributed by atoms with Crippen LogP contribution in [0.15, 0.2) is 48.5 Å². The van der Waals surface area contributed by atoms with Crippen LogP contribution in [0.4, 0.5) is 4.79 Å². The highest BCUT2D eigenvalue weighted by molar-refractivity contribution is 8.00. The number of urea groups is 1. The lowest BCUT2D eigenvalue weighted by Gasteiger charge is -2.25. The van der Waals surface area contributed by atoms with Crippen LogP contribution in [0.1, 0.15) is 74.7 Å². The molecular weight excluding hydrogens is 588 g/mol. The largest absolute Gasteiger partial charge is 0.478 e. The second-order valence-corrected chi connectivity index (χ2v) is 13.2. The Morgan fingerprint density at radius 2 is 1.56 bits per heavy atom. The first kappa shape index (κ1) is 32.7. The number of ether oxygens (including phenoxy) is 1. The predicted octanol–water partition coefficient (Wildman–Crippen LogP) is 4.86. The molecule has 2 aromatic carbocycles. The van der Waals surface area contributed by atoms with E-state index in [0.29, 0.717) is 46.7 Å². The number of benzene rings is 2. The molecule has 0 bridgehead atoms. The van der Waals surface area contributed by atoms with Crippen molar-refractivity contribution in [2.24, 2.45) is 0 Å². The van der Waals surface area contributed by atoms with Crippen molar-refractivity contribution in [3.63, 3.8) is 0 Å². The van der Waals surface area contributed by atoms with Gasteiger partial charge in [0.2, 0.25) is 5.91 Å². The molecule has 9 nitrogen and oxygen atoms in total. The lowest BCUT2D eigenvalue weighted by Crippen LogP contribution is -2.46. The number of fused-ring (bicyclic) bond motifs is 1. The zero-order valence-corrected chi connectivity index (χ0v) is 26.3. The first-order valence-corrected chi connectivity index (χ1v) is 16.4. The Bertz CT molecular complexity index is 1270. The minimum Gasteiger partial charge on any atom is -0.478 e. The molecule has 2 aliphatic heterocycles. The van der Waals surface area contributed by atoms with Gasteiger partial charge in [-0.05, 0) is 94.5 Å². The fourth-order valence-electron chi connectivity index (χ4n) is 5.22. The highest BCUT2D eigenvalue weighted by atomic mass is 35.5. The van der Waals surface area contributed by atoms with Gasteiger partial charge < -0.3 is 26.0 Å². The van der Waals surface area contributed by atoms with Gasteiger partial charge in [0.25, 0.3) is 5.91 Å². The Kier molecular flexibility index (Phi) is 11.8. The third-order valence-electron chi connectivity index (χ3n) is 7.68. The van der Waals surface area contributed by atoms with Crippen LogP contribution in [0.3, 0.4) is 0 Å². The molecule has 4 amide bonds. The van der Waals surface area contributed by atoms with Gasteiger partial charge in [0.1, 0.15) is 5.75 Å². The van der Waals surface area contributed by atoms with E-state index < -0.39 is 5.60 Å². The molecular formula is C32H41ClN4O5S. The van der Waals surface area contributed by atoms with E-state index in [9.17, 15) is 19.2 Å². The Balaban J connectivity index is 1.04. The summed E-state index contributed by atoms with van der Waals surface area (Å²) in [7, 11) is 0. The highest BCUT2D eigenvalue weighted by Crippen LogP contribution is 2.33. The summed E-state index contributed by atoms with van der Waals surface area (Å²) < 4.78 is 5.92. The fraction of sp³-hybridized carbons (Fsp3) is 0.500. The number of thioether (sulfide) groups is 1. The highest BCUT2D eigenvalue weighted by Gasteiger charge is 2.42. The number of rotatable bonds is 16. The molecule has 232 valence electrons. The molecule has 4 N–H and O–H groups in total. The maximum absolute atomic E-state index is 12.7. The summed E-state index contributed by atoms with van der Waals surface area (Å²) in [5.74, 6) is 1.18. The lowest BCUT2D eigenvalue weighted by molar-refractivity contribution is -0.134. The lowest BCUT2D eigenvalue weighted by atomic mass is 10.0. The Labute approximate surface area is 262 Å². The molecule has 0 spiro atoms. The standard InChI is InChI=1S/C32H41ClN4O5S/c1-32(2,42-24-16-12-22(13-17-24)29(39)21-10-14-23(33)15-11-21)30(40)35-19-7-3-6-18-34-27(38)9-5-4-8-26-28-25(20-43-26)36-31(41)37-28/h10-17,25-26,28H,3-9,18-20H2,1-2H3,(H,34,38)(H,35,40)(H2,36,37,41)/t25-,26-,28-/m0/s1. The van der Waals surface area contributed by atoms with Gasteiger partial charge in [-0.15, -0.1) is 0 Å². The van der Waals surface area contributed by atoms with Crippen LogP contribution >= 0.6 is 23.4 Å². The molecule has 0 radical (unpaired) electrons. The van der Waals surface area contributed by atoms with Crippen LogP contribution in [0.2, 0.25) is 5.02 Å². The summed E-state index contributed by atoms with van der Waals surface area (Å²) >= 11 is 7.80. The molecule has 11 heteroatoms. The maximum atomic E-state index is 12.7. The number of unbranched alkanes of at least 4 members (excludes halogenated alkanes) is 3. The molecule has 43 heavy (non-hydrogen) atoms. The molecule has 2 saturated heterocycles. The topological polar surface area (TPSA) is 126 Å². The second kappa shape index (κ2) is 15.5. The number of nitrogens with one attached hydrogen (secondary N) is 4. The normalized spacial score (nSPS) is 19.2. The van der Waals surface area contributed by atoms with E-state index in [-0.39, 0.29) is 35.7 Å². The summed E-state index contributed by atoms with van der Waals surface area (Å²) in [5, 5.41) is 12.9. The number of carbonyl (C=O) groups is 4. The number of hydrogen-bond acceptors (Lipinski definition) is 6. The van der Waals surface area contributed by atoms with E-state index >= 15 is 0 Å². The van der Waals surface area contributed by atoms with E-state index in [2.05, 4.69) is 21.3 Å². The molecule has 0 aromatic heterocycles. The van der Waals surface area contributed by atoms with Crippen molar-refractivity contribution in [2.75, 3.05) is 18.8 Å². The predicted molar refractivity (Wildman–Crippen MR) is 170 cm³/mol. The number of carbonyl (C=O) groups excluding carboxylic acids is 4. The van der Waals surface area contributed by atoms with Crippen molar-refractivity contribution in [3.8, 4) is 5.75 Å². The van der Waals surface area contributed by atoms with Crippen molar-refractivity contribution in [3.05, 3.63) is 64.7 Å². The number of amides is 4. The Hall–Kier alpha value is -3.24. The molecule has 2 fully saturated rings.